The van der Waals surface area contributed by atoms with Crippen molar-refractivity contribution in [3.05, 3.63) is 29.8 Å². The standard InChI is InChI=1S/C14H15F2N3O4/c15-13(16)23-10-5-2-1-4-9(10)12(21)17-6-3-7-19-11(20)8-18-14(19)22/h1-2,4-5,13H,3,6-8H2,(H,17,21)(H,18,22). The number of hydrogen-bond donors (Lipinski definition) is 2. The molecule has 1 heterocycles. The fourth-order valence-corrected chi connectivity index (χ4v) is 2.07. The Kier molecular flexibility index (Phi) is 5.45. The average molecular weight is 327 g/mol. The number of para-hydroxylation sites is 1. The van der Waals surface area contributed by atoms with Gasteiger partial charge in [0.05, 0.1) is 12.1 Å². The molecule has 0 bridgehead atoms. The van der Waals surface area contributed by atoms with Crippen LogP contribution in [-0.4, -0.2) is 49.0 Å². The smallest absolute Gasteiger partial charge is 0.387 e. The summed E-state index contributed by atoms with van der Waals surface area (Å²) in [6, 6.07) is 5.18. The van der Waals surface area contributed by atoms with E-state index in [-0.39, 0.29) is 36.9 Å². The zero-order chi connectivity index (χ0) is 16.8. The molecule has 0 aliphatic carbocycles. The SMILES string of the molecule is O=C(NCCCN1C(=O)CNC1=O)c1ccccc1OC(F)F. The van der Waals surface area contributed by atoms with Crippen LogP contribution in [0.2, 0.25) is 0 Å². The van der Waals surface area contributed by atoms with Crippen molar-refractivity contribution in [2.24, 2.45) is 0 Å². The van der Waals surface area contributed by atoms with Gasteiger partial charge in [0.2, 0.25) is 5.91 Å². The monoisotopic (exact) mass is 327 g/mol. The van der Waals surface area contributed by atoms with Crippen molar-refractivity contribution in [2.75, 3.05) is 19.6 Å². The van der Waals surface area contributed by atoms with Crippen molar-refractivity contribution in [1.82, 2.24) is 15.5 Å². The number of carbonyl (C=O) groups excluding carboxylic acids is 3. The summed E-state index contributed by atoms with van der Waals surface area (Å²) in [6.07, 6.45) is 0.350. The van der Waals surface area contributed by atoms with Gasteiger partial charge in [0.25, 0.3) is 5.91 Å². The van der Waals surface area contributed by atoms with Crippen molar-refractivity contribution in [2.45, 2.75) is 13.0 Å². The third kappa shape index (κ3) is 4.38. The van der Waals surface area contributed by atoms with E-state index in [9.17, 15) is 23.2 Å². The molecule has 1 aromatic rings. The molecule has 9 heteroatoms. The Labute approximate surface area is 130 Å². The maximum absolute atomic E-state index is 12.3. The summed E-state index contributed by atoms with van der Waals surface area (Å²) < 4.78 is 28.9. The van der Waals surface area contributed by atoms with E-state index in [1.54, 1.807) is 0 Å². The number of hydrogen-bond acceptors (Lipinski definition) is 4. The Morgan fingerprint density at radius 3 is 2.74 bits per heavy atom. The molecule has 1 aliphatic rings. The second-order valence-electron chi connectivity index (χ2n) is 4.69. The minimum Gasteiger partial charge on any atom is -0.434 e. The molecule has 2 N–H and O–H groups in total. The molecule has 1 aromatic carbocycles. The number of benzene rings is 1. The molecule has 4 amide bonds. The average Bonchev–Trinajstić information content (AvgIpc) is 2.82. The number of nitrogens with zero attached hydrogens (tertiary/aromatic N) is 1. The molecular weight excluding hydrogens is 312 g/mol. The van der Waals surface area contributed by atoms with Crippen molar-refractivity contribution in [3.8, 4) is 5.75 Å². The highest BCUT2D eigenvalue weighted by Crippen LogP contribution is 2.19. The van der Waals surface area contributed by atoms with Crippen LogP contribution < -0.4 is 15.4 Å². The van der Waals surface area contributed by atoms with Gasteiger partial charge in [-0.1, -0.05) is 12.1 Å². The first-order valence-electron chi connectivity index (χ1n) is 6.89. The minimum absolute atomic E-state index is 0.0113. The topological polar surface area (TPSA) is 87.7 Å². The second kappa shape index (κ2) is 7.52. The van der Waals surface area contributed by atoms with Crippen LogP contribution in [-0.2, 0) is 4.79 Å². The number of alkyl halides is 2. The zero-order valence-electron chi connectivity index (χ0n) is 12.1. The predicted octanol–water partition coefficient (Wildman–Crippen LogP) is 0.960. The first-order chi connectivity index (χ1) is 11.0. The first-order valence-corrected chi connectivity index (χ1v) is 6.89. The van der Waals surface area contributed by atoms with Crippen LogP contribution in [0.25, 0.3) is 0 Å². The van der Waals surface area contributed by atoms with Crippen LogP contribution in [0.4, 0.5) is 13.6 Å². The number of imide groups is 1. The lowest BCUT2D eigenvalue weighted by atomic mass is 10.2. The Morgan fingerprint density at radius 2 is 2.09 bits per heavy atom. The van der Waals surface area contributed by atoms with Gasteiger partial charge in [-0.3, -0.25) is 14.5 Å². The van der Waals surface area contributed by atoms with Crippen molar-refractivity contribution >= 4 is 17.8 Å². The number of amides is 4. The van der Waals surface area contributed by atoms with Crippen molar-refractivity contribution in [1.29, 1.82) is 0 Å². The minimum atomic E-state index is -3.02. The van der Waals surface area contributed by atoms with Gasteiger partial charge in [-0.15, -0.1) is 0 Å². The van der Waals surface area contributed by atoms with Gasteiger partial charge in [0.15, 0.2) is 0 Å². The Hall–Kier alpha value is -2.71. The van der Waals surface area contributed by atoms with E-state index < -0.39 is 18.5 Å². The second-order valence-corrected chi connectivity index (χ2v) is 4.69. The van der Waals surface area contributed by atoms with Crippen molar-refractivity contribution < 1.29 is 27.9 Å². The normalized spacial score (nSPS) is 14.1. The van der Waals surface area contributed by atoms with Crippen LogP contribution in [0.3, 0.4) is 0 Å². The van der Waals surface area contributed by atoms with Gasteiger partial charge < -0.3 is 15.4 Å². The summed E-state index contributed by atoms with van der Waals surface area (Å²) in [7, 11) is 0. The summed E-state index contributed by atoms with van der Waals surface area (Å²) in [4.78, 5) is 35.7. The molecule has 0 spiro atoms. The largest absolute Gasteiger partial charge is 0.434 e. The van der Waals surface area contributed by atoms with Crippen LogP contribution in [0.5, 0.6) is 5.75 Å². The molecule has 0 saturated carbocycles. The highest BCUT2D eigenvalue weighted by molar-refractivity contribution is 6.01. The Bertz CT molecular complexity index is 593. The number of nitrogens with one attached hydrogen (secondary N) is 2. The van der Waals surface area contributed by atoms with Gasteiger partial charge in [-0.25, -0.2) is 4.79 Å². The Balaban J connectivity index is 1.83. The highest BCUT2D eigenvalue weighted by atomic mass is 19.3. The van der Waals surface area contributed by atoms with E-state index in [0.29, 0.717) is 6.42 Å². The number of halogens is 2. The maximum atomic E-state index is 12.3. The van der Waals surface area contributed by atoms with Crippen LogP contribution in [0.15, 0.2) is 24.3 Å². The number of carbonyl (C=O) groups is 3. The molecule has 7 nitrogen and oxygen atoms in total. The van der Waals surface area contributed by atoms with E-state index in [0.717, 1.165) is 4.90 Å². The lowest BCUT2D eigenvalue weighted by molar-refractivity contribution is -0.125. The molecular formula is C14H15F2N3O4. The summed E-state index contributed by atoms with van der Waals surface area (Å²) in [5.74, 6) is -1.11. The lowest BCUT2D eigenvalue weighted by Crippen LogP contribution is -2.34. The molecule has 0 aromatic heterocycles. The molecule has 1 fully saturated rings. The molecule has 0 radical (unpaired) electrons. The van der Waals surface area contributed by atoms with E-state index >= 15 is 0 Å². The molecule has 124 valence electrons. The van der Waals surface area contributed by atoms with Crippen LogP contribution in [0.1, 0.15) is 16.8 Å². The van der Waals surface area contributed by atoms with Crippen molar-refractivity contribution in [3.63, 3.8) is 0 Å². The Morgan fingerprint density at radius 1 is 1.35 bits per heavy atom. The fraction of sp³-hybridized carbons (Fsp3) is 0.357. The lowest BCUT2D eigenvalue weighted by Gasteiger charge is -2.13. The number of rotatable bonds is 7. The van der Waals surface area contributed by atoms with Crippen LogP contribution in [0, 0.1) is 0 Å². The van der Waals surface area contributed by atoms with E-state index in [4.69, 9.17) is 0 Å². The first kappa shape index (κ1) is 16.7. The third-order valence-electron chi connectivity index (χ3n) is 3.13. The van der Waals surface area contributed by atoms with E-state index in [1.165, 1.54) is 24.3 Å². The fourth-order valence-electron chi connectivity index (χ4n) is 2.07. The molecule has 1 saturated heterocycles. The zero-order valence-corrected chi connectivity index (χ0v) is 12.1. The summed E-state index contributed by atoms with van der Waals surface area (Å²) in [6.45, 7) is -2.70. The summed E-state index contributed by atoms with van der Waals surface area (Å²) in [5, 5.41) is 4.92. The summed E-state index contributed by atoms with van der Waals surface area (Å²) in [5.41, 5.74) is -0.0113. The molecule has 0 unspecified atom stereocenters. The van der Waals surface area contributed by atoms with Gasteiger partial charge >= 0.3 is 12.6 Å². The van der Waals surface area contributed by atoms with Gasteiger partial charge in [-0.2, -0.15) is 8.78 Å². The molecule has 0 atom stereocenters. The molecule has 23 heavy (non-hydrogen) atoms. The van der Waals surface area contributed by atoms with E-state index in [1.807, 2.05) is 0 Å². The quantitative estimate of drug-likeness (QED) is 0.577. The van der Waals surface area contributed by atoms with Gasteiger partial charge in [-0.05, 0) is 18.6 Å². The molecule has 2 rings (SSSR count). The van der Waals surface area contributed by atoms with Crippen LogP contribution >= 0.6 is 0 Å². The maximum Gasteiger partial charge on any atom is 0.387 e. The highest BCUT2D eigenvalue weighted by Gasteiger charge is 2.27. The third-order valence-corrected chi connectivity index (χ3v) is 3.13. The molecule has 1 aliphatic heterocycles. The summed E-state index contributed by atoms with van der Waals surface area (Å²) >= 11 is 0. The predicted molar refractivity (Wildman–Crippen MR) is 75.1 cm³/mol. The van der Waals surface area contributed by atoms with Gasteiger partial charge in [0.1, 0.15) is 5.75 Å². The van der Waals surface area contributed by atoms with E-state index in [2.05, 4.69) is 15.4 Å². The van der Waals surface area contributed by atoms with Gasteiger partial charge in [0, 0.05) is 13.1 Å². The number of urea groups is 1. The number of ether oxygens (including phenoxy) is 1.